The minimum absolute atomic E-state index is 0.0716. The van der Waals surface area contributed by atoms with Gasteiger partial charge in [0.2, 0.25) is 0 Å². The highest BCUT2D eigenvalue weighted by atomic mass is 19.1. The Bertz CT molecular complexity index is 479. The van der Waals surface area contributed by atoms with Gasteiger partial charge in [0.25, 0.3) is 0 Å². The molecule has 5 heteroatoms. The van der Waals surface area contributed by atoms with Gasteiger partial charge < -0.3 is 20.1 Å². The van der Waals surface area contributed by atoms with E-state index in [1.54, 1.807) is 26.3 Å². The van der Waals surface area contributed by atoms with Crippen molar-refractivity contribution in [3.63, 3.8) is 0 Å². The second-order valence-electron chi connectivity index (χ2n) is 5.72. The predicted molar refractivity (Wildman–Crippen MR) is 104 cm³/mol. The van der Waals surface area contributed by atoms with Crippen LogP contribution in [0.2, 0.25) is 0 Å². The van der Waals surface area contributed by atoms with Crippen LogP contribution in [0.15, 0.2) is 43.8 Å². The number of nitrogens with two attached hydrogens (primary N) is 1. The molecular formula is C20H33FN2O2. The van der Waals surface area contributed by atoms with E-state index in [0.717, 1.165) is 18.9 Å². The second-order valence-corrected chi connectivity index (χ2v) is 5.72. The molecule has 1 atom stereocenters. The van der Waals surface area contributed by atoms with Crippen molar-refractivity contribution in [1.82, 2.24) is 0 Å². The van der Waals surface area contributed by atoms with Crippen molar-refractivity contribution in [2.24, 2.45) is 5.73 Å². The van der Waals surface area contributed by atoms with Gasteiger partial charge in [-0.2, -0.15) is 0 Å². The summed E-state index contributed by atoms with van der Waals surface area (Å²) in [4.78, 5) is 1.87. The van der Waals surface area contributed by atoms with E-state index < -0.39 is 0 Å². The van der Waals surface area contributed by atoms with Gasteiger partial charge in [0.15, 0.2) is 0 Å². The highest BCUT2D eigenvalue weighted by Gasteiger charge is 2.09. The molecule has 0 aliphatic carbocycles. The molecule has 2 rings (SSSR count). The molecule has 4 nitrogen and oxygen atoms in total. The van der Waals surface area contributed by atoms with E-state index in [-0.39, 0.29) is 11.9 Å². The van der Waals surface area contributed by atoms with E-state index in [9.17, 15) is 4.39 Å². The summed E-state index contributed by atoms with van der Waals surface area (Å²) >= 11 is 0. The largest absolute Gasteiger partial charge is 0.405 e. The van der Waals surface area contributed by atoms with Crippen molar-refractivity contribution in [3.05, 3.63) is 55.1 Å². The first-order valence-electron chi connectivity index (χ1n) is 8.58. The highest BCUT2D eigenvalue weighted by molar-refractivity contribution is 5.50. The Balaban J connectivity index is 0.000000524. The molecule has 0 bridgehead atoms. The van der Waals surface area contributed by atoms with Crippen LogP contribution in [0.5, 0.6) is 0 Å². The molecule has 2 N–H and O–H groups in total. The fourth-order valence-electron chi connectivity index (χ4n) is 2.08. The van der Waals surface area contributed by atoms with Crippen LogP contribution in [0.25, 0.3) is 0 Å². The van der Waals surface area contributed by atoms with Crippen molar-refractivity contribution in [2.45, 2.75) is 39.2 Å². The summed E-state index contributed by atoms with van der Waals surface area (Å²) in [5.74, 6) is -0.200. The van der Waals surface area contributed by atoms with Gasteiger partial charge in [0.1, 0.15) is 5.82 Å². The van der Waals surface area contributed by atoms with Crippen LogP contribution in [-0.2, 0) is 9.47 Å². The van der Waals surface area contributed by atoms with E-state index in [4.69, 9.17) is 9.47 Å². The fourth-order valence-corrected chi connectivity index (χ4v) is 2.08. The van der Waals surface area contributed by atoms with Crippen molar-refractivity contribution in [2.75, 3.05) is 31.8 Å². The van der Waals surface area contributed by atoms with Crippen LogP contribution in [0.4, 0.5) is 10.1 Å². The zero-order valence-electron chi connectivity index (χ0n) is 15.8. The summed E-state index contributed by atoms with van der Waals surface area (Å²) in [7, 11) is 1.65. The molecule has 142 valence electrons. The van der Waals surface area contributed by atoms with Crippen molar-refractivity contribution >= 4 is 5.69 Å². The Hall–Kier alpha value is -1.85. The summed E-state index contributed by atoms with van der Waals surface area (Å²) in [6, 6.07) is 5.15. The van der Waals surface area contributed by atoms with E-state index in [0.29, 0.717) is 12.1 Å². The average molecular weight is 352 g/mol. The molecular weight excluding hydrogens is 319 g/mol. The molecule has 1 unspecified atom stereocenters. The summed E-state index contributed by atoms with van der Waals surface area (Å²) in [5.41, 5.74) is 6.05. The summed E-state index contributed by atoms with van der Waals surface area (Å²) in [6.07, 6.45) is 6.93. The topological polar surface area (TPSA) is 47.7 Å². The number of methoxy groups -OCH3 is 1. The monoisotopic (exact) mass is 352 g/mol. The quantitative estimate of drug-likeness (QED) is 0.853. The summed E-state index contributed by atoms with van der Waals surface area (Å²) in [5, 5.41) is 0. The Morgan fingerprint density at radius 3 is 2.28 bits per heavy atom. The lowest BCUT2D eigenvalue weighted by Gasteiger charge is -2.23. The number of halogens is 1. The van der Waals surface area contributed by atoms with E-state index in [1.165, 1.54) is 31.5 Å². The number of rotatable bonds is 5. The maximum absolute atomic E-state index is 13.4. The summed E-state index contributed by atoms with van der Waals surface area (Å²) in [6.45, 7) is 13.2. The molecule has 1 heterocycles. The lowest BCUT2D eigenvalue weighted by molar-refractivity contribution is 0.0968. The molecule has 0 saturated carbocycles. The maximum atomic E-state index is 13.4. The Morgan fingerprint density at radius 1 is 1.32 bits per heavy atom. The number of benzene rings is 1. The first kappa shape index (κ1) is 23.1. The Morgan fingerprint density at radius 2 is 1.92 bits per heavy atom. The standard InChI is InChI=1S/C13H18FNO.C5H10O.C2H5N/c1-5-15(9-11(3)16-4)12-7-6-10(2)13(14)8-12;1-2-4-6-5-3-1;1-2-3/h5-8,11H,1,9H2,2-4H3;1-5H2;2H,1,3H2. The third-order valence-electron chi connectivity index (χ3n) is 3.64. The first-order valence-corrected chi connectivity index (χ1v) is 8.58. The number of ether oxygens (including phenoxy) is 2. The second kappa shape index (κ2) is 14.5. The van der Waals surface area contributed by atoms with Crippen molar-refractivity contribution in [3.8, 4) is 0 Å². The van der Waals surface area contributed by atoms with E-state index in [1.807, 2.05) is 17.9 Å². The normalized spacial score (nSPS) is 14.1. The number of nitrogens with zero attached hydrogens (tertiary/aromatic N) is 1. The van der Waals surface area contributed by atoms with Gasteiger partial charge in [-0.1, -0.05) is 19.2 Å². The third-order valence-corrected chi connectivity index (χ3v) is 3.64. The van der Waals surface area contributed by atoms with Gasteiger partial charge in [-0.05, 0) is 63.2 Å². The molecule has 1 aliphatic rings. The summed E-state index contributed by atoms with van der Waals surface area (Å²) < 4.78 is 23.6. The molecule has 1 aromatic rings. The number of hydrogen-bond acceptors (Lipinski definition) is 4. The van der Waals surface area contributed by atoms with Gasteiger partial charge in [-0.15, -0.1) is 0 Å². The van der Waals surface area contributed by atoms with Gasteiger partial charge in [-0.25, -0.2) is 4.39 Å². The molecule has 1 aromatic carbocycles. The minimum atomic E-state index is -0.200. The SMILES string of the molecule is C1CCOCC1.C=CN.C=CN(CC(C)OC)c1ccc(C)c(F)c1. The van der Waals surface area contributed by atoms with Gasteiger partial charge >= 0.3 is 0 Å². The van der Waals surface area contributed by atoms with Crippen molar-refractivity contribution in [1.29, 1.82) is 0 Å². The van der Waals surface area contributed by atoms with Crippen LogP contribution in [-0.4, -0.2) is 33.0 Å². The number of hydrogen-bond donors (Lipinski definition) is 1. The molecule has 1 fully saturated rings. The Kier molecular flexibility index (Phi) is 13.4. The minimum Gasteiger partial charge on any atom is -0.405 e. The fraction of sp³-hybridized carbons (Fsp3) is 0.500. The third kappa shape index (κ3) is 10.6. The van der Waals surface area contributed by atoms with Crippen LogP contribution in [0.1, 0.15) is 31.7 Å². The van der Waals surface area contributed by atoms with Crippen molar-refractivity contribution < 1.29 is 13.9 Å². The van der Waals surface area contributed by atoms with Crippen LogP contribution in [0, 0.1) is 12.7 Å². The zero-order valence-corrected chi connectivity index (χ0v) is 15.8. The van der Waals surface area contributed by atoms with Gasteiger partial charge in [0, 0.05) is 32.6 Å². The molecule has 0 radical (unpaired) electrons. The van der Waals surface area contributed by atoms with Gasteiger partial charge in [0.05, 0.1) is 6.10 Å². The Labute approximate surface area is 152 Å². The van der Waals surface area contributed by atoms with Crippen LogP contribution >= 0.6 is 0 Å². The molecule has 0 amide bonds. The van der Waals surface area contributed by atoms with Gasteiger partial charge in [-0.3, -0.25) is 0 Å². The molecule has 1 saturated heterocycles. The first-order chi connectivity index (χ1) is 12.0. The van der Waals surface area contributed by atoms with Crippen LogP contribution in [0.3, 0.4) is 0 Å². The number of aryl methyl sites for hydroxylation is 1. The molecule has 25 heavy (non-hydrogen) atoms. The zero-order chi connectivity index (χ0) is 19.1. The highest BCUT2D eigenvalue weighted by Crippen LogP contribution is 2.19. The van der Waals surface area contributed by atoms with Crippen LogP contribution < -0.4 is 10.6 Å². The predicted octanol–water partition coefficient (Wildman–Crippen LogP) is 4.39. The number of anilines is 1. The lowest BCUT2D eigenvalue weighted by atomic mass is 10.2. The molecule has 1 aliphatic heterocycles. The molecule has 0 spiro atoms. The maximum Gasteiger partial charge on any atom is 0.128 e. The smallest absolute Gasteiger partial charge is 0.128 e. The van der Waals surface area contributed by atoms with E-state index in [2.05, 4.69) is 18.9 Å². The lowest BCUT2D eigenvalue weighted by Crippen LogP contribution is -2.27. The van der Waals surface area contributed by atoms with E-state index >= 15 is 0 Å². The molecule has 0 aromatic heterocycles. The average Bonchev–Trinajstić information content (AvgIpc) is 2.64.